The van der Waals surface area contributed by atoms with E-state index in [4.69, 9.17) is 10.4 Å². The fourth-order valence-corrected chi connectivity index (χ4v) is 3.21. The zero-order valence-corrected chi connectivity index (χ0v) is 16.7. The van der Waals surface area contributed by atoms with Gasteiger partial charge in [0.05, 0.1) is 23.8 Å². The Bertz CT molecular complexity index is 1110. The van der Waals surface area contributed by atoms with Gasteiger partial charge in [0.1, 0.15) is 23.0 Å². The zero-order chi connectivity index (χ0) is 20.8. The van der Waals surface area contributed by atoms with Crippen LogP contribution < -0.4 is 15.5 Å². The van der Waals surface area contributed by atoms with E-state index in [9.17, 15) is 0 Å². The molecule has 1 saturated heterocycles. The molecule has 3 N–H and O–H groups in total. The highest BCUT2D eigenvalue weighted by atomic mass is 15.2. The molecule has 8 nitrogen and oxygen atoms in total. The lowest BCUT2D eigenvalue weighted by Gasteiger charge is -2.28. The molecule has 0 atom stereocenters. The quantitative estimate of drug-likeness (QED) is 0.448. The summed E-state index contributed by atoms with van der Waals surface area (Å²) in [5, 5.41) is 14.4. The molecule has 0 spiro atoms. The van der Waals surface area contributed by atoms with Crippen molar-refractivity contribution in [2.75, 3.05) is 36.4 Å². The van der Waals surface area contributed by atoms with Gasteiger partial charge in [-0.3, -0.25) is 9.97 Å². The van der Waals surface area contributed by atoms with Gasteiger partial charge in [-0.1, -0.05) is 12.0 Å². The third-order valence-electron chi connectivity index (χ3n) is 4.68. The van der Waals surface area contributed by atoms with Crippen LogP contribution in [-0.2, 0) is 0 Å². The van der Waals surface area contributed by atoms with Crippen molar-refractivity contribution >= 4 is 23.5 Å². The Morgan fingerprint density at radius 1 is 1.13 bits per heavy atom. The van der Waals surface area contributed by atoms with Crippen molar-refractivity contribution in [3.8, 4) is 23.2 Å². The van der Waals surface area contributed by atoms with Crippen LogP contribution in [0.15, 0.2) is 42.9 Å². The van der Waals surface area contributed by atoms with Gasteiger partial charge in [-0.2, -0.15) is 0 Å². The van der Waals surface area contributed by atoms with E-state index in [1.54, 1.807) is 25.5 Å². The molecule has 4 heterocycles. The highest BCUT2D eigenvalue weighted by Gasteiger charge is 2.13. The van der Waals surface area contributed by atoms with Crippen LogP contribution in [0.4, 0.5) is 17.3 Å². The van der Waals surface area contributed by atoms with Gasteiger partial charge in [-0.05, 0) is 31.0 Å². The summed E-state index contributed by atoms with van der Waals surface area (Å²) in [5.74, 6) is 7.38. The molecule has 3 aromatic rings. The number of piperazine rings is 1. The number of nitrogens with zero attached hydrogens (tertiary/aromatic N) is 5. The molecule has 0 bridgehead atoms. The minimum Gasteiger partial charge on any atom is -0.354 e. The predicted molar refractivity (Wildman–Crippen MR) is 118 cm³/mol. The lowest BCUT2D eigenvalue weighted by molar-refractivity contribution is 0.585. The fourth-order valence-electron chi connectivity index (χ4n) is 3.21. The van der Waals surface area contributed by atoms with E-state index < -0.39 is 0 Å². The molecule has 0 aliphatic carbocycles. The maximum Gasteiger partial charge on any atom is 0.132 e. The molecule has 0 amide bonds. The van der Waals surface area contributed by atoms with Gasteiger partial charge in [-0.25, -0.2) is 9.97 Å². The molecule has 1 fully saturated rings. The molecule has 150 valence electrons. The van der Waals surface area contributed by atoms with Gasteiger partial charge in [0.15, 0.2) is 0 Å². The van der Waals surface area contributed by atoms with Crippen LogP contribution in [0.2, 0.25) is 0 Å². The van der Waals surface area contributed by atoms with Crippen LogP contribution in [-0.4, -0.2) is 52.3 Å². The summed E-state index contributed by atoms with van der Waals surface area (Å²) in [6.07, 6.45) is 6.19. The number of hydrogen-bond acceptors (Lipinski definition) is 8. The predicted octanol–water partition coefficient (Wildman–Crippen LogP) is 2.46. The Morgan fingerprint density at radius 3 is 2.80 bits per heavy atom. The number of aromatic nitrogens is 4. The van der Waals surface area contributed by atoms with Crippen molar-refractivity contribution in [2.45, 2.75) is 6.92 Å². The van der Waals surface area contributed by atoms with E-state index in [0.717, 1.165) is 37.7 Å². The minimum absolute atomic E-state index is 0.591. The monoisotopic (exact) mass is 398 g/mol. The van der Waals surface area contributed by atoms with E-state index >= 15 is 0 Å². The molecule has 0 radical (unpaired) electrons. The summed E-state index contributed by atoms with van der Waals surface area (Å²) in [7, 11) is 0. The second-order valence-corrected chi connectivity index (χ2v) is 6.71. The third kappa shape index (κ3) is 4.42. The standard InChI is InChI=1S/C22H22N8/c1-2-4-17-14-25-15-20(27-17)19-11-18(16(12-23)13-26-19)28-21-5-3-6-22(29-21)30-9-7-24-8-10-30/h3,5-6,11-15,23-24H,7-10H2,1H3,(H,26,28,29). The van der Waals surface area contributed by atoms with Crippen LogP contribution >= 0.6 is 0 Å². The molecule has 4 rings (SSSR count). The smallest absolute Gasteiger partial charge is 0.132 e. The van der Waals surface area contributed by atoms with Crippen LogP contribution in [0.5, 0.6) is 0 Å². The Balaban J connectivity index is 1.64. The van der Waals surface area contributed by atoms with E-state index in [2.05, 4.69) is 42.3 Å². The largest absolute Gasteiger partial charge is 0.354 e. The van der Waals surface area contributed by atoms with Crippen LogP contribution in [0.1, 0.15) is 18.2 Å². The molecule has 1 aliphatic heterocycles. The first-order valence-electron chi connectivity index (χ1n) is 9.72. The summed E-state index contributed by atoms with van der Waals surface area (Å²) in [5.41, 5.74) is 3.25. The van der Waals surface area contributed by atoms with Gasteiger partial charge >= 0.3 is 0 Å². The highest BCUT2D eigenvalue weighted by Crippen LogP contribution is 2.25. The molecule has 1 aliphatic rings. The SMILES string of the molecule is CC#Cc1cncc(-c2cc(Nc3cccc(N4CCNCC4)n3)c(C=N)cn2)n1. The lowest BCUT2D eigenvalue weighted by atomic mass is 10.2. The first-order chi connectivity index (χ1) is 14.8. The van der Waals surface area contributed by atoms with Gasteiger partial charge < -0.3 is 20.9 Å². The fraction of sp³-hybridized carbons (Fsp3) is 0.227. The van der Waals surface area contributed by atoms with Crippen LogP contribution in [0.3, 0.4) is 0 Å². The van der Waals surface area contributed by atoms with Crippen molar-refractivity contribution in [3.05, 3.63) is 54.1 Å². The average molecular weight is 398 g/mol. The van der Waals surface area contributed by atoms with E-state index in [-0.39, 0.29) is 0 Å². The van der Waals surface area contributed by atoms with Crippen molar-refractivity contribution in [3.63, 3.8) is 0 Å². The Hall–Kier alpha value is -3.83. The first kappa shape index (κ1) is 19.5. The summed E-state index contributed by atoms with van der Waals surface area (Å²) in [4.78, 5) is 20.2. The highest BCUT2D eigenvalue weighted by molar-refractivity contribution is 5.88. The topological polar surface area (TPSA) is 103 Å². The molecule has 8 heteroatoms. The molecule has 0 aromatic carbocycles. The van der Waals surface area contributed by atoms with E-state index in [1.807, 2.05) is 24.3 Å². The maximum absolute atomic E-state index is 7.73. The Labute approximate surface area is 175 Å². The second kappa shape index (κ2) is 9.11. The number of anilines is 3. The minimum atomic E-state index is 0.591. The average Bonchev–Trinajstić information content (AvgIpc) is 2.80. The molecule has 30 heavy (non-hydrogen) atoms. The first-order valence-corrected chi connectivity index (χ1v) is 9.72. The third-order valence-corrected chi connectivity index (χ3v) is 4.68. The summed E-state index contributed by atoms with van der Waals surface area (Å²) in [6.45, 7) is 5.52. The lowest BCUT2D eigenvalue weighted by Crippen LogP contribution is -2.43. The molecule has 0 saturated carbocycles. The molecular weight excluding hydrogens is 376 g/mol. The van der Waals surface area contributed by atoms with Gasteiger partial charge in [0.25, 0.3) is 0 Å². The van der Waals surface area contributed by atoms with Crippen LogP contribution in [0.25, 0.3) is 11.4 Å². The van der Waals surface area contributed by atoms with Crippen LogP contribution in [0, 0.1) is 17.3 Å². The molecule has 0 unspecified atom stereocenters. The number of rotatable bonds is 5. The summed E-state index contributed by atoms with van der Waals surface area (Å²) in [6, 6.07) is 7.77. The normalized spacial score (nSPS) is 13.3. The van der Waals surface area contributed by atoms with Crippen molar-refractivity contribution < 1.29 is 0 Å². The Morgan fingerprint density at radius 2 is 2.00 bits per heavy atom. The van der Waals surface area contributed by atoms with Crippen molar-refractivity contribution in [1.82, 2.24) is 25.3 Å². The maximum atomic E-state index is 7.73. The molecule has 3 aromatic heterocycles. The number of nitrogens with one attached hydrogen (secondary N) is 3. The number of pyridine rings is 2. The summed E-state index contributed by atoms with van der Waals surface area (Å²) >= 11 is 0. The van der Waals surface area contributed by atoms with Gasteiger partial charge in [0.2, 0.25) is 0 Å². The van der Waals surface area contributed by atoms with Gasteiger partial charge in [-0.15, -0.1) is 0 Å². The van der Waals surface area contributed by atoms with Gasteiger partial charge in [0, 0.05) is 44.2 Å². The number of hydrogen-bond donors (Lipinski definition) is 3. The summed E-state index contributed by atoms with van der Waals surface area (Å²) < 4.78 is 0. The molecular formula is C22H22N8. The second-order valence-electron chi connectivity index (χ2n) is 6.71. The van der Waals surface area contributed by atoms with E-state index in [0.29, 0.717) is 28.5 Å². The van der Waals surface area contributed by atoms with Crippen molar-refractivity contribution in [2.24, 2.45) is 0 Å². The Kier molecular flexibility index (Phi) is 5.92. The van der Waals surface area contributed by atoms with Crippen molar-refractivity contribution in [1.29, 1.82) is 5.41 Å². The zero-order valence-electron chi connectivity index (χ0n) is 16.7. The van der Waals surface area contributed by atoms with E-state index in [1.165, 1.54) is 6.21 Å².